The lowest BCUT2D eigenvalue weighted by atomic mass is 9.94. The Bertz CT molecular complexity index is 2070. The lowest BCUT2D eigenvalue weighted by Gasteiger charge is -2.40. The van der Waals surface area contributed by atoms with E-state index in [1.807, 2.05) is 12.1 Å². The predicted molar refractivity (Wildman–Crippen MR) is 181 cm³/mol. The molecular formula is C40H28N4. The molecule has 208 valence electrons. The highest BCUT2D eigenvalue weighted by Gasteiger charge is 2.27. The Morgan fingerprint density at radius 2 is 0.773 bits per heavy atom. The molecule has 0 saturated heterocycles. The summed E-state index contributed by atoms with van der Waals surface area (Å²) < 4.78 is 0. The molecule has 0 aliphatic carbocycles. The molecule has 7 aromatic carbocycles. The Hall–Kier alpha value is -5.84. The van der Waals surface area contributed by atoms with E-state index >= 15 is 0 Å². The molecule has 0 aromatic heterocycles. The van der Waals surface area contributed by atoms with Gasteiger partial charge in [-0.05, 0) is 78.5 Å². The van der Waals surface area contributed by atoms with Crippen LogP contribution >= 0.6 is 0 Å². The van der Waals surface area contributed by atoms with Crippen molar-refractivity contribution in [3.05, 3.63) is 144 Å². The van der Waals surface area contributed by atoms with Crippen molar-refractivity contribution in [2.75, 3.05) is 22.9 Å². The third-order valence-electron chi connectivity index (χ3n) is 9.14. The van der Waals surface area contributed by atoms with Crippen LogP contribution in [0.3, 0.4) is 0 Å². The van der Waals surface area contributed by atoms with Crippen molar-refractivity contribution in [1.29, 1.82) is 10.5 Å². The van der Waals surface area contributed by atoms with Gasteiger partial charge in [0.1, 0.15) is 12.1 Å². The van der Waals surface area contributed by atoms with Crippen molar-refractivity contribution in [2.24, 2.45) is 0 Å². The molecule has 0 saturated carbocycles. The van der Waals surface area contributed by atoms with Gasteiger partial charge in [-0.2, -0.15) is 10.5 Å². The molecule has 44 heavy (non-hydrogen) atoms. The number of anilines is 2. The highest BCUT2D eigenvalue weighted by Crippen LogP contribution is 2.40. The fourth-order valence-corrected chi connectivity index (χ4v) is 7.02. The number of hydrogen-bond acceptors (Lipinski definition) is 4. The molecule has 0 bridgehead atoms. The summed E-state index contributed by atoms with van der Waals surface area (Å²) in [5, 5.41) is 29.9. The molecule has 4 nitrogen and oxygen atoms in total. The summed E-state index contributed by atoms with van der Waals surface area (Å²) in [6.07, 6.45) is 0. The van der Waals surface area contributed by atoms with Crippen molar-refractivity contribution in [1.82, 2.24) is 0 Å². The van der Waals surface area contributed by atoms with Gasteiger partial charge in [-0.15, -0.1) is 0 Å². The lowest BCUT2D eigenvalue weighted by molar-refractivity contribution is 0.699. The number of rotatable bonds is 4. The van der Waals surface area contributed by atoms with Gasteiger partial charge in [0.2, 0.25) is 0 Å². The maximum absolute atomic E-state index is 10.0. The SMILES string of the molecule is N#Cc1cc2c(cc1C#N)N(Cc1c3ccccc3cc3ccccc13)CCN2Cc1c2ccccc2cc2ccccc12. The molecule has 0 atom stereocenters. The van der Waals surface area contributed by atoms with Gasteiger partial charge in [0.25, 0.3) is 0 Å². The van der Waals surface area contributed by atoms with E-state index in [1.54, 1.807) is 0 Å². The zero-order valence-electron chi connectivity index (χ0n) is 24.2. The van der Waals surface area contributed by atoms with Gasteiger partial charge in [-0.3, -0.25) is 0 Å². The summed E-state index contributed by atoms with van der Waals surface area (Å²) in [4.78, 5) is 4.78. The van der Waals surface area contributed by atoms with Crippen LogP contribution in [0.2, 0.25) is 0 Å². The minimum atomic E-state index is 0.413. The quantitative estimate of drug-likeness (QED) is 0.200. The molecule has 0 spiro atoms. The van der Waals surface area contributed by atoms with E-state index in [9.17, 15) is 10.5 Å². The third kappa shape index (κ3) is 4.20. The summed E-state index contributed by atoms with van der Waals surface area (Å²) >= 11 is 0. The maximum atomic E-state index is 10.0. The zero-order chi connectivity index (χ0) is 29.6. The Balaban J connectivity index is 1.28. The van der Waals surface area contributed by atoms with E-state index in [1.165, 1.54) is 54.2 Å². The predicted octanol–water partition coefficient (Wildman–Crippen LogP) is 9.07. The number of benzene rings is 7. The molecule has 0 unspecified atom stereocenters. The number of nitrogens with zero attached hydrogens (tertiary/aromatic N) is 4. The first-order chi connectivity index (χ1) is 21.7. The first kappa shape index (κ1) is 25.8. The topological polar surface area (TPSA) is 54.1 Å². The molecule has 0 N–H and O–H groups in total. The van der Waals surface area contributed by atoms with Crippen molar-refractivity contribution in [3.63, 3.8) is 0 Å². The smallest absolute Gasteiger partial charge is 0.101 e. The highest BCUT2D eigenvalue weighted by atomic mass is 15.3. The van der Waals surface area contributed by atoms with Crippen molar-refractivity contribution >= 4 is 54.5 Å². The first-order valence-electron chi connectivity index (χ1n) is 15.0. The monoisotopic (exact) mass is 564 g/mol. The highest BCUT2D eigenvalue weighted by molar-refractivity contribution is 6.04. The fourth-order valence-electron chi connectivity index (χ4n) is 7.02. The molecule has 7 aromatic rings. The standard InChI is InChI=1S/C40H28N4/c41-23-31-21-39-40(22-32(31)24-42)44(26-38-35-15-7-3-11-29(35)20-30-12-4-8-16-36(30)38)18-17-43(39)25-37-33-13-5-1-9-27(33)19-28-10-2-6-14-34(28)37/h1-16,19-22H,17-18,25-26H2. The number of hydrogen-bond donors (Lipinski definition) is 0. The Kier molecular flexibility index (Phi) is 6.14. The van der Waals surface area contributed by atoms with E-state index in [4.69, 9.17) is 0 Å². The summed E-state index contributed by atoms with van der Waals surface area (Å²) in [6, 6.07) is 47.3. The van der Waals surface area contributed by atoms with Gasteiger partial charge in [-0.25, -0.2) is 0 Å². The summed E-state index contributed by atoms with van der Waals surface area (Å²) in [6.45, 7) is 3.00. The van der Waals surface area contributed by atoms with Gasteiger partial charge in [0.15, 0.2) is 0 Å². The molecule has 0 radical (unpaired) electrons. The average molecular weight is 565 g/mol. The van der Waals surface area contributed by atoms with Gasteiger partial charge >= 0.3 is 0 Å². The summed E-state index contributed by atoms with van der Waals surface area (Å²) in [5.41, 5.74) is 5.37. The largest absolute Gasteiger partial charge is 0.364 e. The maximum Gasteiger partial charge on any atom is 0.101 e. The Morgan fingerprint density at radius 1 is 0.455 bits per heavy atom. The first-order valence-corrected chi connectivity index (χ1v) is 15.0. The van der Waals surface area contributed by atoms with Crippen LogP contribution in [0.25, 0.3) is 43.1 Å². The van der Waals surface area contributed by atoms with Crippen molar-refractivity contribution in [3.8, 4) is 12.1 Å². The minimum Gasteiger partial charge on any atom is -0.364 e. The third-order valence-corrected chi connectivity index (χ3v) is 9.14. The van der Waals surface area contributed by atoms with Crippen LogP contribution in [0.15, 0.2) is 121 Å². The van der Waals surface area contributed by atoms with E-state index in [0.717, 1.165) is 24.5 Å². The van der Waals surface area contributed by atoms with Gasteiger partial charge < -0.3 is 9.80 Å². The van der Waals surface area contributed by atoms with Crippen LogP contribution < -0.4 is 9.80 Å². The van der Waals surface area contributed by atoms with Crippen LogP contribution in [-0.2, 0) is 13.1 Å². The van der Waals surface area contributed by atoms with E-state index < -0.39 is 0 Å². The number of fused-ring (bicyclic) bond motifs is 5. The lowest BCUT2D eigenvalue weighted by Crippen LogP contribution is -2.40. The minimum absolute atomic E-state index is 0.413. The van der Waals surface area contributed by atoms with Gasteiger partial charge in [-0.1, -0.05) is 97.1 Å². The van der Waals surface area contributed by atoms with Gasteiger partial charge in [0, 0.05) is 26.2 Å². The molecule has 1 aliphatic heterocycles. The molecule has 4 heteroatoms. The van der Waals surface area contributed by atoms with Crippen molar-refractivity contribution in [2.45, 2.75) is 13.1 Å². The van der Waals surface area contributed by atoms with Gasteiger partial charge in [0.05, 0.1) is 22.5 Å². The normalized spacial score (nSPS) is 12.9. The van der Waals surface area contributed by atoms with Crippen LogP contribution in [-0.4, -0.2) is 13.1 Å². The summed E-state index contributed by atoms with van der Waals surface area (Å²) in [5.74, 6) is 0. The van der Waals surface area contributed by atoms with E-state index in [0.29, 0.717) is 24.2 Å². The van der Waals surface area contributed by atoms with Crippen LogP contribution in [0.5, 0.6) is 0 Å². The molecule has 1 aliphatic rings. The van der Waals surface area contributed by atoms with E-state index in [2.05, 4.69) is 131 Å². The second-order valence-corrected chi connectivity index (χ2v) is 11.5. The van der Waals surface area contributed by atoms with E-state index in [-0.39, 0.29) is 0 Å². The van der Waals surface area contributed by atoms with Crippen LogP contribution in [0.4, 0.5) is 11.4 Å². The van der Waals surface area contributed by atoms with Crippen LogP contribution in [0.1, 0.15) is 22.3 Å². The zero-order valence-corrected chi connectivity index (χ0v) is 24.2. The average Bonchev–Trinajstić information content (AvgIpc) is 3.08. The molecular weight excluding hydrogens is 536 g/mol. The summed E-state index contributed by atoms with van der Waals surface area (Å²) in [7, 11) is 0. The molecule has 0 amide bonds. The van der Waals surface area contributed by atoms with Crippen LogP contribution in [0, 0.1) is 22.7 Å². The Labute approximate surface area is 256 Å². The second-order valence-electron chi connectivity index (χ2n) is 11.5. The number of nitriles is 2. The second kappa shape index (κ2) is 10.5. The fraction of sp³-hybridized carbons (Fsp3) is 0.100. The van der Waals surface area contributed by atoms with Crippen molar-refractivity contribution < 1.29 is 0 Å². The molecule has 0 fully saturated rings. The Morgan fingerprint density at radius 3 is 1.09 bits per heavy atom. The molecule has 8 rings (SSSR count). The molecule has 1 heterocycles.